The smallest absolute Gasteiger partial charge is 0.341 e. The minimum Gasteiger partial charge on any atom is -0.485 e. The van der Waals surface area contributed by atoms with Gasteiger partial charge in [-0.15, -0.1) is 0 Å². The Morgan fingerprint density at radius 1 is 0.659 bits per heavy atom. The Morgan fingerprint density at radius 2 is 1.20 bits per heavy atom. The van der Waals surface area contributed by atoms with Crippen LogP contribution < -0.4 is 4.74 Å². The van der Waals surface area contributed by atoms with Gasteiger partial charge in [0.25, 0.3) is 0 Å². The summed E-state index contributed by atoms with van der Waals surface area (Å²) in [6.45, 7) is 10.3. The second-order valence-corrected chi connectivity index (χ2v) is 8.70. The molecule has 0 fully saturated rings. The van der Waals surface area contributed by atoms with Gasteiger partial charge in [0.2, 0.25) is 6.79 Å². The van der Waals surface area contributed by atoms with Crippen molar-refractivity contribution in [1.82, 2.24) is 0 Å². The highest BCUT2D eigenvalue weighted by molar-refractivity contribution is 5.95. The number of allylic oxidation sites excluding steroid dienone is 1. The molecular weight excluding hydrogens is 512 g/mol. The molecule has 0 aliphatic carbocycles. The van der Waals surface area contributed by atoms with Gasteiger partial charge in [0, 0.05) is 22.3 Å². The fourth-order valence-corrected chi connectivity index (χ4v) is 3.52. The van der Waals surface area contributed by atoms with E-state index in [2.05, 4.69) is 43.4 Å². The minimum atomic E-state index is -0.484. The van der Waals surface area contributed by atoms with E-state index in [1.165, 1.54) is 12.2 Å². The van der Waals surface area contributed by atoms with Crippen LogP contribution in [0.3, 0.4) is 0 Å². The Morgan fingerprint density at radius 3 is 1.80 bits per heavy atom. The number of ketones is 1. The van der Waals surface area contributed by atoms with Crippen molar-refractivity contribution >= 4 is 22.5 Å². The van der Waals surface area contributed by atoms with Crippen molar-refractivity contribution < 1.29 is 23.8 Å². The molecule has 5 heteroatoms. The third kappa shape index (κ3) is 8.35. The monoisotopic (exact) mass is 538 g/mol. The van der Waals surface area contributed by atoms with Crippen LogP contribution in [0.5, 0.6) is 5.75 Å². The molecule has 0 atom stereocenters. The highest BCUT2D eigenvalue weighted by Crippen LogP contribution is 2.19. The first kappa shape index (κ1) is 28.2. The molecule has 0 unspecified atom stereocenters. The quantitative estimate of drug-likeness (QED) is 0.0600. The van der Waals surface area contributed by atoms with E-state index in [1.54, 1.807) is 24.3 Å². The van der Waals surface area contributed by atoms with Crippen LogP contribution in [0.25, 0.3) is 10.8 Å². The summed E-state index contributed by atoms with van der Waals surface area (Å²) in [6.07, 6.45) is 2.67. The summed E-state index contributed by atoms with van der Waals surface area (Å²) in [4.78, 5) is 23.6. The standard InChI is InChI=1S/C36H26O5/c1-4-26(3)40-25-41-36(38)33-19-18-31-22-30(14-17-32(31)23-33)13-12-28-8-6-27(7-9-28)10-11-29-15-20-35(21-16-29)39-24-34(37)5-2/h4-9,14-23H,1-3,24-25H2. The summed E-state index contributed by atoms with van der Waals surface area (Å²) in [5.41, 5.74) is 3.85. The van der Waals surface area contributed by atoms with Crippen molar-refractivity contribution in [2.24, 2.45) is 0 Å². The SMILES string of the molecule is C=CC(=C)OCOC(=O)c1ccc2cc(C#Cc3ccc(C#Cc4ccc(OCC(=O)C=C)cc4)cc3)ccc2c1. The lowest BCUT2D eigenvalue weighted by atomic mass is 10.0. The van der Waals surface area contributed by atoms with E-state index in [0.29, 0.717) is 17.1 Å². The van der Waals surface area contributed by atoms with Crippen LogP contribution in [0.4, 0.5) is 0 Å². The van der Waals surface area contributed by atoms with Gasteiger partial charge in [-0.1, -0.05) is 55.6 Å². The highest BCUT2D eigenvalue weighted by atomic mass is 16.7. The predicted molar refractivity (Wildman–Crippen MR) is 160 cm³/mol. The van der Waals surface area contributed by atoms with Crippen LogP contribution in [0, 0.1) is 23.7 Å². The Bertz CT molecular complexity index is 1740. The molecule has 0 bridgehead atoms. The first-order valence-electron chi connectivity index (χ1n) is 12.6. The summed E-state index contributed by atoms with van der Waals surface area (Å²) in [6, 6.07) is 26.1. The van der Waals surface area contributed by atoms with Crippen molar-refractivity contribution in [2.75, 3.05) is 13.4 Å². The maximum Gasteiger partial charge on any atom is 0.341 e. The van der Waals surface area contributed by atoms with Gasteiger partial charge < -0.3 is 14.2 Å². The average Bonchev–Trinajstić information content (AvgIpc) is 3.02. The van der Waals surface area contributed by atoms with Gasteiger partial charge in [-0.3, -0.25) is 4.79 Å². The highest BCUT2D eigenvalue weighted by Gasteiger charge is 2.08. The van der Waals surface area contributed by atoms with Gasteiger partial charge in [-0.05, 0) is 95.7 Å². The second kappa shape index (κ2) is 13.8. The lowest BCUT2D eigenvalue weighted by Gasteiger charge is -2.07. The summed E-state index contributed by atoms with van der Waals surface area (Å²) in [5.74, 6) is 12.9. The van der Waals surface area contributed by atoms with Crippen molar-refractivity contribution in [3.8, 4) is 29.4 Å². The molecule has 0 aliphatic rings. The Hall–Kier alpha value is -5.78. The van der Waals surface area contributed by atoms with Crippen LogP contribution in [0.15, 0.2) is 123 Å². The molecule has 200 valence electrons. The first-order chi connectivity index (χ1) is 19.9. The molecule has 0 amide bonds. The Balaban J connectivity index is 1.36. The number of fused-ring (bicyclic) bond motifs is 1. The molecule has 0 saturated carbocycles. The van der Waals surface area contributed by atoms with Gasteiger partial charge in [0.15, 0.2) is 12.4 Å². The van der Waals surface area contributed by atoms with Crippen molar-refractivity contribution in [1.29, 1.82) is 0 Å². The summed E-state index contributed by atoms with van der Waals surface area (Å²) < 4.78 is 15.6. The van der Waals surface area contributed by atoms with Crippen molar-refractivity contribution in [2.45, 2.75) is 0 Å². The third-order valence-corrected chi connectivity index (χ3v) is 5.79. The number of carbonyl (C=O) groups excluding carboxylic acids is 2. The molecule has 4 aromatic rings. The molecule has 0 heterocycles. The van der Waals surface area contributed by atoms with Gasteiger partial charge in [0.1, 0.15) is 11.5 Å². The maximum absolute atomic E-state index is 12.3. The van der Waals surface area contributed by atoms with Gasteiger partial charge in [-0.25, -0.2) is 4.79 Å². The van der Waals surface area contributed by atoms with E-state index in [4.69, 9.17) is 14.2 Å². The summed E-state index contributed by atoms with van der Waals surface area (Å²) in [7, 11) is 0. The van der Waals surface area contributed by atoms with E-state index < -0.39 is 5.97 Å². The van der Waals surface area contributed by atoms with Crippen LogP contribution >= 0.6 is 0 Å². The van der Waals surface area contributed by atoms with E-state index in [9.17, 15) is 9.59 Å². The molecule has 0 spiro atoms. The molecule has 0 aliphatic heterocycles. The van der Waals surface area contributed by atoms with Gasteiger partial charge in [0.05, 0.1) is 5.56 Å². The summed E-state index contributed by atoms with van der Waals surface area (Å²) >= 11 is 0. The molecule has 4 rings (SSSR count). The first-order valence-corrected chi connectivity index (χ1v) is 12.6. The number of rotatable bonds is 9. The second-order valence-electron chi connectivity index (χ2n) is 8.70. The molecule has 5 nitrogen and oxygen atoms in total. The van der Waals surface area contributed by atoms with E-state index >= 15 is 0 Å². The molecule has 41 heavy (non-hydrogen) atoms. The number of hydrogen-bond donors (Lipinski definition) is 0. The molecule has 0 saturated heterocycles. The Labute approximate surface area is 239 Å². The van der Waals surface area contributed by atoms with Gasteiger partial charge in [-0.2, -0.15) is 0 Å². The van der Waals surface area contributed by atoms with E-state index in [-0.39, 0.29) is 19.2 Å². The summed E-state index contributed by atoms with van der Waals surface area (Å²) in [5, 5.41) is 1.86. The largest absolute Gasteiger partial charge is 0.485 e. The Kier molecular flexibility index (Phi) is 9.54. The number of esters is 1. The van der Waals surface area contributed by atoms with Crippen molar-refractivity contribution in [3.05, 3.63) is 150 Å². The van der Waals surface area contributed by atoms with E-state index in [0.717, 1.165) is 33.0 Å². The number of carbonyl (C=O) groups is 2. The van der Waals surface area contributed by atoms with Crippen molar-refractivity contribution in [3.63, 3.8) is 0 Å². The zero-order chi connectivity index (χ0) is 29.0. The molecule has 0 aromatic heterocycles. The lowest BCUT2D eigenvalue weighted by Crippen LogP contribution is -2.08. The van der Waals surface area contributed by atoms with E-state index in [1.807, 2.05) is 60.7 Å². The topological polar surface area (TPSA) is 61.8 Å². The molecule has 0 N–H and O–H groups in total. The average molecular weight is 539 g/mol. The number of benzene rings is 4. The maximum atomic E-state index is 12.3. The normalized spacial score (nSPS) is 9.76. The number of ether oxygens (including phenoxy) is 3. The predicted octanol–water partition coefficient (Wildman–Crippen LogP) is 6.60. The fraction of sp³-hybridized carbons (Fsp3) is 0.0556. The molecule has 4 aromatic carbocycles. The van der Waals surface area contributed by atoms with Crippen LogP contribution in [-0.4, -0.2) is 25.2 Å². The lowest BCUT2D eigenvalue weighted by molar-refractivity contribution is -0.116. The number of hydrogen-bond acceptors (Lipinski definition) is 5. The van der Waals surface area contributed by atoms with Crippen LogP contribution in [0.2, 0.25) is 0 Å². The zero-order valence-electron chi connectivity index (χ0n) is 22.3. The molecular formula is C36H26O5. The third-order valence-electron chi connectivity index (χ3n) is 5.79. The fourth-order valence-electron chi connectivity index (χ4n) is 3.52. The van der Waals surface area contributed by atoms with Gasteiger partial charge >= 0.3 is 5.97 Å². The zero-order valence-corrected chi connectivity index (χ0v) is 22.3. The van der Waals surface area contributed by atoms with Crippen LogP contribution in [0.1, 0.15) is 32.6 Å². The minimum absolute atomic E-state index is 0.0331. The molecule has 0 radical (unpaired) electrons. The van der Waals surface area contributed by atoms with Crippen LogP contribution in [-0.2, 0) is 14.3 Å².